The quantitative estimate of drug-likeness (QED) is 0.848. The molecule has 0 amide bonds. The Kier molecular flexibility index (Phi) is 3.28. The van der Waals surface area contributed by atoms with Crippen LogP contribution in [-0.2, 0) is 6.54 Å². The molecule has 0 aromatic heterocycles. The summed E-state index contributed by atoms with van der Waals surface area (Å²) < 4.78 is 12.7. The van der Waals surface area contributed by atoms with E-state index in [-0.39, 0.29) is 11.6 Å². The lowest BCUT2D eigenvalue weighted by atomic mass is 10.2. The molecule has 0 atom stereocenters. The molecule has 0 fully saturated rings. The van der Waals surface area contributed by atoms with Gasteiger partial charge in [0.25, 0.3) is 0 Å². The van der Waals surface area contributed by atoms with E-state index in [2.05, 4.69) is 5.32 Å². The van der Waals surface area contributed by atoms with E-state index in [0.717, 1.165) is 16.8 Å². The highest BCUT2D eigenvalue weighted by atomic mass is 19.1. The van der Waals surface area contributed by atoms with Gasteiger partial charge in [0, 0.05) is 18.3 Å². The molecule has 0 aliphatic carbocycles. The number of hydrogen-bond acceptors (Lipinski definition) is 2. The molecular weight excluding hydrogens is 217 g/mol. The molecule has 0 heterocycles. The van der Waals surface area contributed by atoms with Crippen molar-refractivity contribution < 1.29 is 9.50 Å². The Morgan fingerprint density at radius 2 is 1.82 bits per heavy atom. The number of hydrogen-bond donors (Lipinski definition) is 2. The molecule has 88 valence electrons. The van der Waals surface area contributed by atoms with Gasteiger partial charge in [-0.05, 0) is 36.2 Å². The van der Waals surface area contributed by atoms with Crippen LogP contribution in [0.5, 0.6) is 5.75 Å². The lowest BCUT2D eigenvalue weighted by Gasteiger charge is -2.08. The van der Waals surface area contributed by atoms with Gasteiger partial charge >= 0.3 is 0 Å². The predicted octanol–water partition coefficient (Wildman–Crippen LogP) is 3.45. The van der Waals surface area contributed by atoms with Gasteiger partial charge in [0.2, 0.25) is 0 Å². The van der Waals surface area contributed by atoms with Gasteiger partial charge in [-0.2, -0.15) is 0 Å². The van der Waals surface area contributed by atoms with E-state index >= 15 is 0 Å². The predicted molar refractivity (Wildman–Crippen MR) is 66.6 cm³/mol. The Bertz CT molecular complexity index is 508. The largest absolute Gasteiger partial charge is 0.508 e. The molecule has 2 nitrogen and oxygen atoms in total. The normalized spacial score (nSPS) is 10.2. The van der Waals surface area contributed by atoms with Crippen LogP contribution in [0.4, 0.5) is 10.1 Å². The molecule has 2 N–H and O–H groups in total. The number of phenols is 1. The van der Waals surface area contributed by atoms with Gasteiger partial charge in [0.05, 0.1) is 0 Å². The van der Waals surface area contributed by atoms with Crippen LogP contribution in [-0.4, -0.2) is 5.11 Å². The summed E-state index contributed by atoms with van der Waals surface area (Å²) >= 11 is 0. The molecule has 2 aromatic rings. The summed E-state index contributed by atoms with van der Waals surface area (Å²) in [6.07, 6.45) is 0. The fourth-order valence-corrected chi connectivity index (χ4v) is 1.53. The van der Waals surface area contributed by atoms with E-state index in [4.69, 9.17) is 0 Å². The van der Waals surface area contributed by atoms with Gasteiger partial charge in [-0.15, -0.1) is 0 Å². The zero-order valence-corrected chi connectivity index (χ0v) is 9.57. The number of halogens is 1. The topological polar surface area (TPSA) is 32.3 Å². The Morgan fingerprint density at radius 1 is 1.12 bits per heavy atom. The SMILES string of the molecule is Cc1ccc(NCc2ccc(F)cc2)cc1O. The van der Waals surface area contributed by atoms with Gasteiger partial charge < -0.3 is 10.4 Å². The third-order valence-corrected chi connectivity index (χ3v) is 2.62. The van der Waals surface area contributed by atoms with Crippen molar-refractivity contribution in [3.05, 3.63) is 59.4 Å². The van der Waals surface area contributed by atoms with Crippen molar-refractivity contribution in [1.82, 2.24) is 0 Å². The Hall–Kier alpha value is -2.03. The monoisotopic (exact) mass is 231 g/mol. The Morgan fingerprint density at radius 3 is 2.47 bits per heavy atom. The van der Waals surface area contributed by atoms with Crippen molar-refractivity contribution in [3.8, 4) is 5.75 Å². The van der Waals surface area contributed by atoms with E-state index in [1.165, 1.54) is 12.1 Å². The number of anilines is 1. The van der Waals surface area contributed by atoms with Crippen molar-refractivity contribution in [1.29, 1.82) is 0 Å². The zero-order chi connectivity index (χ0) is 12.3. The molecule has 0 spiro atoms. The third-order valence-electron chi connectivity index (χ3n) is 2.62. The van der Waals surface area contributed by atoms with Gasteiger partial charge in [0.1, 0.15) is 11.6 Å². The number of phenolic OH excluding ortho intramolecular Hbond substituents is 1. The molecule has 2 aromatic carbocycles. The minimum absolute atomic E-state index is 0.235. The second-order valence-corrected chi connectivity index (χ2v) is 3.98. The fraction of sp³-hybridized carbons (Fsp3) is 0.143. The number of benzene rings is 2. The summed E-state index contributed by atoms with van der Waals surface area (Å²) in [6.45, 7) is 2.45. The van der Waals surface area contributed by atoms with Crippen LogP contribution in [0.1, 0.15) is 11.1 Å². The Labute approximate surface area is 99.7 Å². The minimum Gasteiger partial charge on any atom is -0.508 e. The molecule has 0 bridgehead atoms. The molecular formula is C14H14FNO. The van der Waals surface area contributed by atoms with Gasteiger partial charge in [-0.3, -0.25) is 0 Å². The molecule has 0 aliphatic rings. The van der Waals surface area contributed by atoms with Crippen molar-refractivity contribution >= 4 is 5.69 Å². The highest BCUT2D eigenvalue weighted by Crippen LogP contribution is 2.21. The van der Waals surface area contributed by atoms with Gasteiger partial charge in [-0.25, -0.2) is 4.39 Å². The summed E-state index contributed by atoms with van der Waals surface area (Å²) in [6, 6.07) is 11.8. The number of nitrogens with one attached hydrogen (secondary N) is 1. The van der Waals surface area contributed by atoms with Crippen LogP contribution in [0.2, 0.25) is 0 Å². The summed E-state index contributed by atoms with van der Waals surface area (Å²) in [7, 11) is 0. The van der Waals surface area contributed by atoms with E-state index in [0.29, 0.717) is 6.54 Å². The summed E-state index contributed by atoms with van der Waals surface area (Å²) in [5.41, 5.74) is 2.68. The highest BCUT2D eigenvalue weighted by Gasteiger charge is 1.98. The lowest BCUT2D eigenvalue weighted by Crippen LogP contribution is -1.99. The minimum atomic E-state index is -0.235. The van der Waals surface area contributed by atoms with E-state index in [1.807, 2.05) is 19.1 Å². The number of aryl methyl sites for hydroxylation is 1. The first kappa shape index (κ1) is 11.5. The average Bonchev–Trinajstić information content (AvgIpc) is 2.33. The Balaban J connectivity index is 2.02. The van der Waals surface area contributed by atoms with E-state index < -0.39 is 0 Å². The van der Waals surface area contributed by atoms with Crippen LogP contribution in [0.15, 0.2) is 42.5 Å². The fourth-order valence-electron chi connectivity index (χ4n) is 1.53. The first-order chi connectivity index (χ1) is 8.15. The van der Waals surface area contributed by atoms with Crippen molar-refractivity contribution in [2.45, 2.75) is 13.5 Å². The molecule has 3 heteroatoms. The molecule has 2 rings (SSSR count). The maximum atomic E-state index is 12.7. The van der Waals surface area contributed by atoms with E-state index in [9.17, 15) is 9.50 Å². The van der Waals surface area contributed by atoms with Crippen LogP contribution in [0.25, 0.3) is 0 Å². The second kappa shape index (κ2) is 4.87. The van der Waals surface area contributed by atoms with Gasteiger partial charge in [-0.1, -0.05) is 18.2 Å². The summed E-state index contributed by atoms with van der Waals surface area (Å²) in [5, 5.41) is 12.7. The van der Waals surface area contributed by atoms with Crippen molar-refractivity contribution in [3.63, 3.8) is 0 Å². The summed E-state index contributed by atoms with van der Waals surface area (Å²) in [4.78, 5) is 0. The van der Waals surface area contributed by atoms with Crippen molar-refractivity contribution in [2.75, 3.05) is 5.32 Å². The smallest absolute Gasteiger partial charge is 0.123 e. The first-order valence-electron chi connectivity index (χ1n) is 5.43. The molecule has 0 radical (unpaired) electrons. The molecule has 17 heavy (non-hydrogen) atoms. The maximum Gasteiger partial charge on any atom is 0.123 e. The molecule has 0 aliphatic heterocycles. The molecule has 0 unspecified atom stereocenters. The third kappa shape index (κ3) is 2.97. The molecule has 0 saturated heterocycles. The standard InChI is InChI=1S/C14H14FNO/c1-10-2-7-13(8-14(10)17)16-9-11-3-5-12(15)6-4-11/h2-8,16-17H,9H2,1H3. The second-order valence-electron chi connectivity index (χ2n) is 3.98. The number of aromatic hydroxyl groups is 1. The van der Waals surface area contributed by atoms with Crippen LogP contribution in [0, 0.1) is 12.7 Å². The molecule has 0 saturated carbocycles. The van der Waals surface area contributed by atoms with Crippen molar-refractivity contribution in [2.24, 2.45) is 0 Å². The van der Waals surface area contributed by atoms with Crippen LogP contribution >= 0.6 is 0 Å². The highest BCUT2D eigenvalue weighted by molar-refractivity contribution is 5.51. The van der Waals surface area contributed by atoms with Gasteiger partial charge in [0.15, 0.2) is 0 Å². The van der Waals surface area contributed by atoms with E-state index in [1.54, 1.807) is 18.2 Å². The zero-order valence-electron chi connectivity index (χ0n) is 9.57. The first-order valence-corrected chi connectivity index (χ1v) is 5.43. The van der Waals surface area contributed by atoms with Crippen LogP contribution in [0.3, 0.4) is 0 Å². The maximum absolute atomic E-state index is 12.7. The average molecular weight is 231 g/mol. The lowest BCUT2D eigenvalue weighted by molar-refractivity contribution is 0.471. The number of rotatable bonds is 3. The van der Waals surface area contributed by atoms with Crippen LogP contribution < -0.4 is 5.32 Å². The summed E-state index contributed by atoms with van der Waals surface area (Å²) in [5.74, 6) is 0.0378.